The van der Waals surface area contributed by atoms with Crippen molar-refractivity contribution in [3.8, 4) is 0 Å². The maximum Gasteiger partial charge on any atom is 0.0709 e. The second-order valence-electron chi connectivity index (χ2n) is 9.23. The Hall–Kier alpha value is -0.420. The van der Waals surface area contributed by atoms with Crippen molar-refractivity contribution in [1.82, 2.24) is 0 Å². The zero-order valence-corrected chi connectivity index (χ0v) is 15.3. The maximum absolute atomic E-state index is 11.1. The summed E-state index contributed by atoms with van der Waals surface area (Å²) in [5, 5.41) is 41.1. The van der Waals surface area contributed by atoms with Crippen molar-refractivity contribution in [3.05, 3.63) is 11.6 Å². The molecule has 3 aliphatic carbocycles. The molecule has 24 heavy (non-hydrogen) atoms. The first kappa shape index (κ1) is 18.4. The van der Waals surface area contributed by atoms with Gasteiger partial charge in [-0.15, -0.1) is 0 Å². The van der Waals surface area contributed by atoms with Gasteiger partial charge in [-0.05, 0) is 68.1 Å². The van der Waals surface area contributed by atoms with E-state index in [0.29, 0.717) is 18.8 Å². The molecule has 0 aromatic carbocycles. The minimum Gasteiger partial charge on any atom is -0.396 e. The fourth-order valence-electron chi connectivity index (χ4n) is 6.12. The Bertz CT molecular complexity index is 500. The smallest absolute Gasteiger partial charge is 0.0709 e. The lowest BCUT2D eigenvalue weighted by atomic mass is 9.64. The van der Waals surface area contributed by atoms with E-state index in [1.54, 1.807) is 0 Å². The standard InChI is InChI=1S/C20H34O4/c1-12(10-21)14-4-6-19(2)9-15-13(11-22)8-17(23)18(15)20(3,24)7-5-16(14)19/h5,12-15,17-18,21-24H,4,6-11H2,1-3H3/t12-,13-,14+,15+,17-,18+,19+,20-/m1/s1. The molecule has 4 nitrogen and oxygen atoms in total. The summed E-state index contributed by atoms with van der Waals surface area (Å²) in [5.74, 6) is 0.671. The van der Waals surface area contributed by atoms with Crippen LogP contribution in [0.3, 0.4) is 0 Å². The lowest BCUT2D eigenvalue weighted by Crippen LogP contribution is -2.45. The normalized spacial score (nSPS) is 49.8. The van der Waals surface area contributed by atoms with Crippen molar-refractivity contribution in [1.29, 1.82) is 0 Å². The Kier molecular flexibility index (Phi) is 4.89. The third-order valence-electron chi connectivity index (χ3n) is 7.48. The van der Waals surface area contributed by atoms with E-state index >= 15 is 0 Å². The summed E-state index contributed by atoms with van der Waals surface area (Å²) >= 11 is 0. The number of aliphatic hydroxyl groups is 4. The van der Waals surface area contributed by atoms with Gasteiger partial charge in [0.05, 0.1) is 11.7 Å². The third kappa shape index (κ3) is 2.86. The van der Waals surface area contributed by atoms with Crippen molar-refractivity contribution >= 4 is 0 Å². The molecule has 3 aliphatic rings. The highest BCUT2D eigenvalue weighted by Crippen LogP contribution is 2.58. The van der Waals surface area contributed by atoms with Gasteiger partial charge < -0.3 is 20.4 Å². The molecular weight excluding hydrogens is 304 g/mol. The molecule has 4 heteroatoms. The van der Waals surface area contributed by atoms with Crippen molar-refractivity contribution in [3.63, 3.8) is 0 Å². The molecule has 0 aromatic heterocycles. The fraction of sp³-hybridized carbons (Fsp3) is 0.900. The monoisotopic (exact) mass is 338 g/mol. The summed E-state index contributed by atoms with van der Waals surface area (Å²) in [4.78, 5) is 0. The predicted molar refractivity (Wildman–Crippen MR) is 93.2 cm³/mol. The van der Waals surface area contributed by atoms with Crippen LogP contribution < -0.4 is 0 Å². The van der Waals surface area contributed by atoms with E-state index in [9.17, 15) is 20.4 Å². The van der Waals surface area contributed by atoms with Crippen molar-refractivity contribution in [2.45, 2.75) is 64.6 Å². The van der Waals surface area contributed by atoms with Gasteiger partial charge in [-0.2, -0.15) is 0 Å². The summed E-state index contributed by atoms with van der Waals surface area (Å²) in [6.45, 7) is 6.52. The quantitative estimate of drug-likeness (QED) is 0.594. The first-order valence-corrected chi connectivity index (χ1v) is 9.56. The molecule has 2 saturated carbocycles. The van der Waals surface area contributed by atoms with Crippen LogP contribution >= 0.6 is 0 Å². The van der Waals surface area contributed by atoms with Crippen LogP contribution in [0.15, 0.2) is 11.6 Å². The van der Waals surface area contributed by atoms with Gasteiger partial charge in [0.15, 0.2) is 0 Å². The highest BCUT2D eigenvalue weighted by Gasteiger charge is 2.55. The molecule has 0 spiro atoms. The van der Waals surface area contributed by atoms with Gasteiger partial charge in [0, 0.05) is 19.1 Å². The minimum atomic E-state index is -0.947. The summed E-state index contributed by atoms with van der Waals surface area (Å²) in [5.41, 5.74) is 0.504. The number of allylic oxidation sites excluding steroid dienone is 1. The number of hydrogen-bond donors (Lipinski definition) is 4. The topological polar surface area (TPSA) is 80.9 Å². The molecule has 0 unspecified atom stereocenters. The van der Waals surface area contributed by atoms with Crippen LogP contribution in [0.2, 0.25) is 0 Å². The lowest BCUT2D eigenvalue weighted by molar-refractivity contribution is -0.0709. The molecule has 0 aromatic rings. The van der Waals surface area contributed by atoms with Crippen LogP contribution in [0.25, 0.3) is 0 Å². The second kappa shape index (κ2) is 6.39. The SMILES string of the molecule is C[C@H](CO)[C@@H]1CC[C@@]2(C)C[C@H]3[C@@H](CO)C[C@@H](O)[C@H]3[C@](C)(O)CC=C12. The minimum absolute atomic E-state index is 0.0605. The van der Waals surface area contributed by atoms with Gasteiger partial charge in [-0.25, -0.2) is 0 Å². The lowest BCUT2D eigenvalue weighted by Gasteiger charge is -2.43. The molecule has 138 valence electrons. The summed E-state index contributed by atoms with van der Waals surface area (Å²) in [6, 6.07) is 0. The van der Waals surface area contributed by atoms with Gasteiger partial charge in [0.2, 0.25) is 0 Å². The molecule has 0 saturated heterocycles. The van der Waals surface area contributed by atoms with E-state index in [-0.39, 0.29) is 42.3 Å². The highest BCUT2D eigenvalue weighted by atomic mass is 16.3. The predicted octanol–water partition coefficient (Wildman–Crippen LogP) is 2.11. The fourth-order valence-corrected chi connectivity index (χ4v) is 6.12. The Morgan fingerprint density at radius 2 is 2.00 bits per heavy atom. The maximum atomic E-state index is 11.1. The molecule has 0 amide bonds. The zero-order chi connectivity index (χ0) is 17.7. The van der Waals surface area contributed by atoms with Gasteiger partial charge in [-0.3, -0.25) is 0 Å². The molecule has 0 heterocycles. The van der Waals surface area contributed by atoms with Gasteiger partial charge >= 0.3 is 0 Å². The first-order chi connectivity index (χ1) is 11.2. The Balaban J connectivity index is 1.99. The molecular formula is C20H34O4. The Morgan fingerprint density at radius 1 is 1.29 bits per heavy atom. The number of fused-ring (bicyclic) bond motifs is 2. The Labute approximate surface area is 145 Å². The van der Waals surface area contributed by atoms with Crippen LogP contribution in [0.1, 0.15) is 52.9 Å². The largest absolute Gasteiger partial charge is 0.396 e. The van der Waals surface area contributed by atoms with Crippen molar-refractivity contribution in [2.24, 2.45) is 35.0 Å². The Morgan fingerprint density at radius 3 is 2.62 bits per heavy atom. The molecule has 3 rings (SSSR count). The van der Waals surface area contributed by atoms with E-state index in [4.69, 9.17) is 0 Å². The number of hydrogen-bond acceptors (Lipinski definition) is 4. The van der Waals surface area contributed by atoms with E-state index in [2.05, 4.69) is 19.9 Å². The first-order valence-electron chi connectivity index (χ1n) is 9.56. The highest BCUT2D eigenvalue weighted by molar-refractivity contribution is 5.26. The van der Waals surface area contributed by atoms with E-state index in [1.807, 2.05) is 6.92 Å². The number of aliphatic hydroxyl groups excluding tert-OH is 3. The molecule has 8 atom stereocenters. The van der Waals surface area contributed by atoms with Crippen LogP contribution in [0.5, 0.6) is 0 Å². The summed E-state index contributed by atoms with van der Waals surface area (Å²) in [6.07, 6.45) is 5.89. The third-order valence-corrected chi connectivity index (χ3v) is 7.48. The van der Waals surface area contributed by atoms with Crippen molar-refractivity contribution < 1.29 is 20.4 Å². The van der Waals surface area contributed by atoms with Crippen molar-refractivity contribution in [2.75, 3.05) is 13.2 Å². The molecule has 2 fully saturated rings. The average Bonchev–Trinajstić information content (AvgIpc) is 3.00. The molecule has 4 N–H and O–H groups in total. The average molecular weight is 338 g/mol. The summed E-state index contributed by atoms with van der Waals surface area (Å²) < 4.78 is 0. The van der Waals surface area contributed by atoms with Crippen LogP contribution in [-0.4, -0.2) is 45.3 Å². The second-order valence-corrected chi connectivity index (χ2v) is 9.23. The van der Waals surface area contributed by atoms with E-state index in [1.165, 1.54) is 5.57 Å². The van der Waals surface area contributed by atoms with Crippen LogP contribution in [0, 0.1) is 35.0 Å². The number of rotatable bonds is 3. The zero-order valence-electron chi connectivity index (χ0n) is 15.3. The molecule has 0 aliphatic heterocycles. The molecule has 0 bridgehead atoms. The van der Waals surface area contributed by atoms with Gasteiger partial charge in [-0.1, -0.05) is 25.5 Å². The van der Waals surface area contributed by atoms with E-state index in [0.717, 1.165) is 19.3 Å². The van der Waals surface area contributed by atoms with E-state index < -0.39 is 11.7 Å². The summed E-state index contributed by atoms with van der Waals surface area (Å²) in [7, 11) is 0. The van der Waals surface area contributed by atoms with Crippen LogP contribution in [-0.2, 0) is 0 Å². The van der Waals surface area contributed by atoms with Gasteiger partial charge in [0.25, 0.3) is 0 Å². The van der Waals surface area contributed by atoms with Crippen LogP contribution in [0.4, 0.5) is 0 Å². The van der Waals surface area contributed by atoms with Gasteiger partial charge in [0.1, 0.15) is 0 Å². The molecule has 0 radical (unpaired) electrons.